The first-order chi connectivity index (χ1) is 10.0. The molecular formula is C13H17N5O3. The van der Waals surface area contributed by atoms with E-state index in [2.05, 4.69) is 20.6 Å². The Kier molecular flexibility index (Phi) is 4.36. The summed E-state index contributed by atoms with van der Waals surface area (Å²) in [5.74, 6) is 1.89. The van der Waals surface area contributed by atoms with E-state index < -0.39 is 4.92 Å². The maximum absolute atomic E-state index is 11.1. The fraction of sp³-hybridized carbons (Fsp3) is 0.385. The van der Waals surface area contributed by atoms with E-state index in [0.717, 1.165) is 0 Å². The van der Waals surface area contributed by atoms with Crippen LogP contribution in [0.1, 0.15) is 31.5 Å². The first-order valence-electron chi connectivity index (χ1n) is 6.59. The molecule has 2 rings (SSSR count). The van der Waals surface area contributed by atoms with Crippen molar-refractivity contribution in [2.45, 2.75) is 26.8 Å². The van der Waals surface area contributed by atoms with Gasteiger partial charge in [-0.1, -0.05) is 0 Å². The smallest absolute Gasteiger partial charge is 0.311 e. The Balaban J connectivity index is 2.27. The first kappa shape index (κ1) is 14.8. The molecule has 0 spiro atoms. The summed E-state index contributed by atoms with van der Waals surface area (Å²) >= 11 is 0. The van der Waals surface area contributed by atoms with Crippen molar-refractivity contribution in [3.8, 4) is 0 Å². The summed E-state index contributed by atoms with van der Waals surface area (Å²) in [7, 11) is 0. The summed E-state index contributed by atoms with van der Waals surface area (Å²) in [5.41, 5.74) is -0.0909. The quantitative estimate of drug-likeness (QED) is 0.622. The fourth-order valence-corrected chi connectivity index (χ4v) is 1.82. The molecule has 8 nitrogen and oxygen atoms in total. The van der Waals surface area contributed by atoms with Crippen LogP contribution in [0.2, 0.25) is 0 Å². The van der Waals surface area contributed by atoms with Gasteiger partial charge >= 0.3 is 5.69 Å². The molecule has 0 radical (unpaired) electrons. The number of oxazole rings is 1. The Bertz CT molecular complexity index is 640. The molecule has 1 unspecified atom stereocenters. The number of rotatable bonds is 6. The SMILES string of the molecule is CCNc1ccc([N+](=O)[O-])c(NC(C)c2ncc(C)o2)n1. The van der Waals surface area contributed by atoms with Crippen LogP contribution in [0, 0.1) is 17.0 Å². The van der Waals surface area contributed by atoms with Gasteiger partial charge in [0.1, 0.15) is 17.6 Å². The van der Waals surface area contributed by atoms with Crippen LogP contribution in [0.5, 0.6) is 0 Å². The normalized spacial score (nSPS) is 12.0. The number of pyridine rings is 1. The van der Waals surface area contributed by atoms with Gasteiger partial charge < -0.3 is 15.1 Å². The lowest BCUT2D eigenvalue weighted by molar-refractivity contribution is -0.384. The van der Waals surface area contributed by atoms with Crippen molar-refractivity contribution >= 4 is 17.3 Å². The van der Waals surface area contributed by atoms with Gasteiger partial charge in [0, 0.05) is 12.6 Å². The van der Waals surface area contributed by atoms with E-state index in [4.69, 9.17) is 4.42 Å². The molecule has 8 heteroatoms. The van der Waals surface area contributed by atoms with Gasteiger partial charge in [-0.2, -0.15) is 0 Å². The third-order valence-electron chi connectivity index (χ3n) is 2.79. The molecule has 0 aliphatic heterocycles. The van der Waals surface area contributed by atoms with Crippen molar-refractivity contribution in [2.24, 2.45) is 0 Å². The molecule has 0 aliphatic rings. The molecule has 0 aromatic carbocycles. The molecule has 2 heterocycles. The zero-order chi connectivity index (χ0) is 15.4. The zero-order valence-corrected chi connectivity index (χ0v) is 12.1. The fourth-order valence-electron chi connectivity index (χ4n) is 1.82. The molecule has 112 valence electrons. The largest absolute Gasteiger partial charge is 0.444 e. The molecule has 2 aromatic heterocycles. The molecule has 1 atom stereocenters. The van der Waals surface area contributed by atoms with Gasteiger partial charge in [0.25, 0.3) is 0 Å². The number of hydrogen-bond acceptors (Lipinski definition) is 7. The lowest BCUT2D eigenvalue weighted by Gasteiger charge is -2.12. The zero-order valence-electron chi connectivity index (χ0n) is 12.1. The highest BCUT2D eigenvalue weighted by molar-refractivity contribution is 5.60. The molecule has 0 fully saturated rings. The van der Waals surface area contributed by atoms with Crippen LogP contribution in [0.25, 0.3) is 0 Å². The molecule has 21 heavy (non-hydrogen) atoms. The minimum Gasteiger partial charge on any atom is -0.444 e. The van der Waals surface area contributed by atoms with Crippen LogP contribution in [0.4, 0.5) is 17.3 Å². The third-order valence-corrected chi connectivity index (χ3v) is 2.79. The van der Waals surface area contributed by atoms with Crippen LogP contribution in [-0.2, 0) is 0 Å². The van der Waals surface area contributed by atoms with Gasteiger partial charge in [0.05, 0.1) is 11.1 Å². The van der Waals surface area contributed by atoms with Crippen molar-refractivity contribution in [1.82, 2.24) is 9.97 Å². The topological polar surface area (TPSA) is 106 Å². The van der Waals surface area contributed by atoms with Crippen molar-refractivity contribution in [2.75, 3.05) is 17.2 Å². The second-order valence-electron chi connectivity index (χ2n) is 4.53. The van der Waals surface area contributed by atoms with Gasteiger partial charge in [0.2, 0.25) is 11.7 Å². The van der Waals surface area contributed by atoms with E-state index in [1.165, 1.54) is 6.07 Å². The summed E-state index contributed by atoms with van der Waals surface area (Å²) in [6.45, 7) is 6.19. The van der Waals surface area contributed by atoms with Crippen molar-refractivity contribution in [3.63, 3.8) is 0 Å². The number of nitrogens with zero attached hydrogens (tertiary/aromatic N) is 3. The molecule has 2 N–H and O–H groups in total. The number of anilines is 2. The van der Waals surface area contributed by atoms with E-state index in [1.54, 1.807) is 26.1 Å². The van der Waals surface area contributed by atoms with Gasteiger partial charge in [0.15, 0.2) is 0 Å². The van der Waals surface area contributed by atoms with E-state index in [1.807, 2.05) is 6.92 Å². The predicted octanol–water partition coefficient (Wildman–Crippen LogP) is 2.89. The van der Waals surface area contributed by atoms with Crippen LogP contribution < -0.4 is 10.6 Å². The summed E-state index contributed by atoms with van der Waals surface area (Å²) in [6.07, 6.45) is 1.60. The third kappa shape index (κ3) is 3.47. The standard InChI is InChI=1S/C13H17N5O3/c1-4-14-11-6-5-10(18(19)20)12(17-11)16-9(3)13-15-7-8(2)21-13/h5-7,9H,4H2,1-3H3,(H2,14,16,17). The van der Waals surface area contributed by atoms with Crippen LogP contribution in [0.3, 0.4) is 0 Å². The van der Waals surface area contributed by atoms with Gasteiger partial charge in [-0.25, -0.2) is 9.97 Å². The van der Waals surface area contributed by atoms with Crippen LogP contribution >= 0.6 is 0 Å². The Morgan fingerprint density at radius 2 is 2.24 bits per heavy atom. The second-order valence-corrected chi connectivity index (χ2v) is 4.53. The highest BCUT2D eigenvalue weighted by Crippen LogP contribution is 2.27. The van der Waals surface area contributed by atoms with E-state index >= 15 is 0 Å². The van der Waals surface area contributed by atoms with E-state index in [-0.39, 0.29) is 17.5 Å². The summed E-state index contributed by atoms with van der Waals surface area (Å²) in [6, 6.07) is 2.66. The Labute approximate surface area is 121 Å². The highest BCUT2D eigenvalue weighted by Gasteiger charge is 2.20. The molecule has 0 saturated heterocycles. The second kappa shape index (κ2) is 6.21. The van der Waals surface area contributed by atoms with Crippen molar-refractivity contribution in [1.29, 1.82) is 0 Å². The van der Waals surface area contributed by atoms with Gasteiger partial charge in [-0.3, -0.25) is 10.1 Å². The number of nitro groups is 1. The van der Waals surface area contributed by atoms with Gasteiger partial charge in [-0.15, -0.1) is 0 Å². The average molecular weight is 291 g/mol. The average Bonchev–Trinajstić information content (AvgIpc) is 2.86. The van der Waals surface area contributed by atoms with Crippen molar-refractivity contribution in [3.05, 3.63) is 40.1 Å². The Morgan fingerprint density at radius 3 is 2.81 bits per heavy atom. The number of nitrogens with one attached hydrogen (secondary N) is 2. The minimum absolute atomic E-state index is 0.0909. The predicted molar refractivity (Wildman–Crippen MR) is 78.3 cm³/mol. The number of aryl methyl sites for hydroxylation is 1. The summed E-state index contributed by atoms with van der Waals surface area (Å²) in [4.78, 5) is 18.9. The lowest BCUT2D eigenvalue weighted by atomic mass is 10.3. The van der Waals surface area contributed by atoms with E-state index in [0.29, 0.717) is 24.0 Å². The van der Waals surface area contributed by atoms with Crippen molar-refractivity contribution < 1.29 is 9.34 Å². The summed E-state index contributed by atoms with van der Waals surface area (Å²) in [5, 5.41) is 17.1. The van der Waals surface area contributed by atoms with Crippen LogP contribution in [-0.4, -0.2) is 21.4 Å². The molecular weight excluding hydrogens is 274 g/mol. The molecule has 0 amide bonds. The Hall–Kier alpha value is -2.64. The number of aromatic nitrogens is 2. The monoisotopic (exact) mass is 291 g/mol. The Morgan fingerprint density at radius 1 is 1.48 bits per heavy atom. The highest BCUT2D eigenvalue weighted by atomic mass is 16.6. The minimum atomic E-state index is -0.474. The van der Waals surface area contributed by atoms with E-state index in [9.17, 15) is 10.1 Å². The molecule has 0 aliphatic carbocycles. The lowest BCUT2D eigenvalue weighted by Crippen LogP contribution is -2.11. The molecule has 0 saturated carbocycles. The maximum atomic E-state index is 11.1. The molecule has 0 bridgehead atoms. The molecule has 2 aromatic rings. The van der Waals surface area contributed by atoms with Crippen LogP contribution in [0.15, 0.2) is 22.7 Å². The first-order valence-corrected chi connectivity index (χ1v) is 6.59. The number of hydrogen-bond donors (Lipinski definition) is 2. The summed E-state index contributed by atoms with van der Waals surface area (Å²) < 4.78 is 5.41. The maximum Gasteiger partial charge on any atom is 0.311 e. The van der Waals surface area contributed by atoms with Gasteiger partial charge in [-0.05, 0) is 26.8 Å².